The number of benzene rings is 1. The second-order valence-corrected chi connectivity index (χ2v) is 6.47. The van der Waals surface area contributed by atoms with E-state index in [-0.39, 0.29) is 4.83 Å². The number of hydrogen-bond acceptors (Lipinski definition) is 1. The zero-order chi connectivity index (χ0) is 14.3. The molecule has 0 aliphatic carbocycles. The molecule has 0 amide bonds. The Balaban J connectivity index is 2.69. The van der Waals surface area contributed by atoms with Crippen LogP contribution in [0.5, 0.6) is 5.75 Å². The second-order valence-electron chi connectivity index (χ2n) is 4.55. The van der Waals surface area contributed by atoms with Crippen molar-refractivity contribution >= 4 is 39.1 Å². The molecule has 1 unspecified atom stereocenters. The Morgan fingerprint density at radius 1 is 1.11 bits per heavy atom. The molecule has 1 atom stereocenters. The van der Waals surface area contributed by atoms with Crippen LogP contribution in [0, 0.1) is 0 Å². The third-order valence-corrected chi connectivity index (χ3v) is 4.57. The van der Waals surface area contributed by atoms with E-state index < -0.39 is 0 Å². The molecule has 0 bridgehead atoms. The molecular weight excluding hydrogens is 347 g/mol. The minimum atomic E-state index is 0.255. The molecule has 108 valence electrons. The van der Waals surface area contributed by atoms with Crippen LogP contribution in [0.1, 0.15) is 56.3 Å². The summed E-state index contributed by atoms with van der Waals surface area (Å²) in [4.78, 5) is 0.255. The number of alkyl halides is 1. The zero-order valence-corrected chi connectivity index (χ0v) is 14.6. The van der Waals surface area contributed by atoms with Gasteiger partial charge in [0, 0.05) is 15.9 Å². The standard InChI is InChI=1S/C15H21BrCl2O/c1-3-5-6-7-8-12(16)11-9-14(18)15(19-4-2)10-13(11)17/h9-10,12H,3-8H2,1-2H3. The molecule has 1 rings (SSSR count). The Morgan fingerprint density at radius 3 is 2.47 bits per heavy atom. The maximum Gasteiger partial charge on any atom is 0.139 e. The number of unbranched alkanes of at least 4 members (excludes halogenated alkanes) is 3. The van der Waals surface area contributed by atoms with Crippen molar-refractivity contribution < 1.29 is 4.74 Å². The van der Waals surface area contributed by atoms with Crippen molar-refractivity contribution in [1.82, 2.24) is 0 Å². The average molecular weight is 368 g/mol. The fourth-order valence-corrected chi connectivity index (χ4v) is 3.30. The highest BCUT2D eigenvalue weighted by Crippen LogP contribution is 2.39. The monoisotopic (exact) mass is 366 g/mol. The van der Waals surface area contributed by atoms with Gasteiger partial charge in [-0.2, -0.15) is 0 Å². The zero-order valence-electron chi connectivity index (χ0n) is 11.5. The third kappa shape index (κ3) is 5.53. The van der Waals surface area contributed by atoms with Crippen molar-refractivity contribution in [1.29, 1.82) is 0 Å². The predicted octanol–water partition coefficient (Wildman–Crippen LogP) is 6.80. The SMILES string of the molecule is CCCCCCC(Br)c1cc(Cl)c(OCC)cc1Cl. The molecule has 0 aromatic heterocycles. The Hall–Kier alpha value is 0.0800. The van der Waals surface area contributed by atoms with Gasteiger partial charge in [0.1, 0.15) is 5.75 Å². The molecule has 1 aromatic carbocycles. The normalized spacial score (nSPS) is 12.5. The molecule has 4 heteroatoms. The van der Waals surface area contributed by atoms with Gasteiger partial charge in [0.05, 0.1) is 11.6 Å². The average Bonchev–Trinajstić information content (AvgIpc) is 2.38. The van der Waals surface area contributed by atoms with Crippen LogP contribution in [-0.4, -0.2) is 6.61 Å². The maximum atomic E-state index is 6.30. The first-order valence-corrected chi connectivity index (χ1v) is 8.53. The molecule has 0 aliphatic heterocycles. The van der Waals surface area contributed by atoms with E-state index in [1.54, 1.807) is 0 Å². The lowest BCUT2D eigenvalue weighted by Gasteiger charge is -2.14. The van der Waals surface area contributed by atoms with E-state index in [2.05, 4.69) is 22.9 Å². The quantitative estimate of drug-likeness (QED) is 0.362. The van der Waals surface area contributed by atoms with Crippen molar-refractivity contribution in [3.63, 3.8) is 0 Å². The summed E-state index contributed by atoms with van der Waals surface area (Å²) in [7, 11) is 0. The number of ether oxygens (including phenoxy) is 1. The van der Waals surface area contributed by atoms with E-state index in [4.69, 9.17) is 27.9 Å². The van der Waals surface area contributed by atoms with Gasteiger partial charge in [0.15, 0.2) is 0 Å². The molecule has 0 saturated carbocycles. The van der Waals surface area contributed by atoms with Crippen LogP contribution in [0.3, 0.4) is 0 Å². The summed E-state index contributed by atoms with van der Waals surface area (Å²) in [6, 6.07) is 3.72. The fraction of sp³-hybridized carbons (Fsp3) is 0.600. The Labute approximate surface area is 134 Å². The van der Waals surface area contributed by atoms with E-state index >= 15 is 0 Å². The van der Waals surface area contributed by atoms with Gasteiger partial charge in [0.2, 0.25) is 0 Å². The van der Waals surface area contributed by atoms with E-state index in [1.807, 2.05) is 19.1 Å². The van der Waals surface area contributed by atoms with Gasteiger partial charge in [-0.25, -0.2) is 0 Å². The van der Waals surface area contributed by atoms with Crippen molar-refractivity contribution in [2.24, 2.45) is 0 Å². The van der Waals surface area contributed by atoms with Gasteiger partial charge < -0.3 is 4.74 Å². The van der Waals surface area contributed by atoms with Gasteiger partial charge >= 0.3 is 0 Å². The first kappa shape index (κ1) is 17.1. The Kier molecular flexibility index (Phi) is 8.20. The number of rotatable bonds is 8. The molecule has 0 radical (unpaired) electrons. The van der Waals surface area contributed by atoms with Gasteiger partial charge in [-0.3, -0.25) is 0 Å². The summed E-state index contributed by atoms with van der Waals surface area (Å²) in [5.74, 6) is 0.656. The molecule has 0 saturated heterocycles. The van der Waals surface area contributed by atoms with Crippen molar-refractivity contribution in [2.75, 3.05) is 6.61 Å². The highest BCUT2D eigenvalue weighted by Gasteiger charge is 2.15. The highest BCUT2D eigenvalue weighted by molar-refractivity contribution is 9.09. The molecule has 0 heterocycles. The Morgan fingerprint density at radius 2 is 1.84 bits per heavy atom. The van der Waals surface area contributed by atoms with Crippen LogP contribution in [0.15, 0.2) is 12.1 Å². The predicted molar refractivity (Wildman–Crippen MR) is 88.1 cm³/mol. The summed E-state index contributed by atoms with van der Waals surface area (Å²) in [5.41, 5.74) is 1.05. The topological polar surface area (TPSA) is 9.23 Å². The number of hydrogen-bond donors (Lipinski definition) is 0. The van der Waals surface area contributed by atoms with Crippen molar-refractivity contribution in [3.8, 4) is 5.75 Å². The summed E-state index contributed by atoms with van der Waals surface area (Å²) in [6.45, 7) is 4.73. The Bertz CT molecular complexity index is 396. The summed E-state index contributed by atoms with van der Waals surface area (Å²) in [5, 5.41) is 1.34. The first-order valence-electron chi connectivity index (χ1n) is 6.85. The van der Waals surface area contributed by atoms with E-state index in [0.29, 0.717) is 22.4 Å². The van der Waals surface area contributed by atoms with Crippen LogP contribution >= 0.6 is 39.1 Å². The molecule has 1 aromatic rings. The minimum absolute atomic E-state index is 0.255. The van der Waals surface area contributed by atoms with E-state index in [0.717, 1.165) is 12.0 Å². The van der Waals surface area contributed by atoms with Crippen molar-refractivity contribution in [2.45, 2.75) is 50.8 Å². The largest absolute Gasteiger partial charge is 0.492 e. The van der Waals surface area contributed by atoms with Crippen LogP contribution in [-0.2, 0) is 0 Å². The molecular formula is C15H21BrCl2O. The van der Waals surface area contributed by atoms with Crippen molar-refractivity contribution in [3.05, 3.63) is 27.7 Å². The third-order valence-electron chi connectivity index (χ3n) is 3.00. The smallest absolute Gasteiger partial charge is 0.139 e. The molecule has 19 heavy (non-hydrogen) atoms. The van der Waals surface area contributed by atoms with Gasteiger partial charge in [0.25, 0.3) is 0 Å². The maximum absolute atomic E-state index is 6.30. The highest BCUT2D eigenvalue weighted by atomic mass is 79.9. The second kappa shape index (κ2) is 9.10. The molecule has 0 N–H and O–H groups in total. The van der Waals surface area contributed by atoms with E-state index in [9.17, 15) is 0 Å². The van der Waals surface area contributed by atoms with E-state index in [1.165, 1.54) is 25.7 Å². The lowest BCUT2D eigenvalue weighted by molar-refractivity contribution is 0.340. The van der Waals surface area contributed by atoms with Crippen LogP contribution in [0.2, 0.25) is 10.0 Å². The molecule has 1 nitrogen and oxygen atoms in total. The summed E-state index contributed by atoms with van der Waals surface area (Å²) in [6.07, 6.45) is 6.08. The molecule has 0 aliphatic rings. The molecule has 0 spiro atoms. The van der Waals surface area contributed by atoms with Gasteiger partial charge in [-0.15, -0.1) is 0 Å². The lowest BCUT2D eigenvalue weighted by Crippen LogP contribution is -1.96. The lowest BCUT2D eigenvalue weighted by atomic mass is 10.1. The van der Waals surface area contributed by atoms with Gasteiger partial charge in [-0.1, -0.05) is 71.7 Å². The van der Waals surface area contributed by atoms with Crippen LogP contribution in [0.25, 0.3) is 0 Å². The van der Waals surface area contributed by atoms with Gasteiger partial charge in [-0.05, 0) is 25.0 Å². The number of halogens is 3. The molecule has 0 fully saturated rings. The summed E-state index contributed by atoms with van der Waals surface area (Å²) < 4.78 is 5.43. The summed E-state index contributed by atoms with van der Waals surface area (Å²) >= 11 is 16.2. The van der Waals surface area contributed by atoms with Crippen LogP contribution < -0.4 is 4.74 Å². The van der Waals surface area contributed by atoms with Crippen LogP contribution in [0.4, 0.5) is 0 Å². The first-order chi connectivity index (χ1) is 9.10. The fourth-order valence-electron chi connectivity index (χ4n) is 1.96. The minimum Gasteiger partial charge on any atom is -0.492 e.